The van der Waals surface area contributed by atoms with E-state index in [-0.39, 0.29) is 6.10 Å². The minimum Gasteiger partial charge on any atom is -0.473 e. The first-order valence-electron chi connectivity index (χ1n) is 13.9. The van der Waals surface area contributed by atoms with E-state index in [1.54, 1.807) is 23.1 Å². The van der Waals surface area contributed by atoms with Gasteiger partial charge in [0.2, 0.25) is 5.88 Å². The summed E-state index contributed by atoms with van der Waals surface area (Å²) in [6.07, 6.45) is 9.83. The van der Waals surface area contributed by atoms with E-state index < -0.39 is 5.41 Å². The molecule has 2 N–H and O–H groups in total. The Hall–Kier alpha value is -4.30. The van der Waals surface area contributed by atoms with Crippen LogP contribution in [0.25, 0.3) is 17.3 Å². The largest absolute Gasteiger partial charge is 0.473 e. The van der Waals surface area contributed by atoms with Crippen molar-refractivity contribution >= 4 is 5.69 Å². The van der Waals surface area contributed by atoms with Crippen LogP contribution in [-0.2, 0) is 18.3 Å². The number of likely N-dealkylation sites (tertiary alicyclic amines) is 1. The molecule has 4 aromatic rings. The van der Waals surface area contributed by atoms with Crippen LogP contribution in [0.1, 0.15) is 67.0 Å². The summed E-state index contributed by atoms with van der Waals surface area (Å²) in [4.78, 5) is 12.0. The van der Waals surface area contributed by atoms with Gasteiger partial charge in [-0.15, -0.1) is 5.10 Å². The number of nitrogen functional groups attached to an aromatic ring is 1. The summed E-state index contributed by atoms with van der Waals surface area (Å²) in [6.45, 7) is 3.15. The van der Waals surface area contributed by atoms with Gasteiger partial charge in [-0.05, 0) is 82.7 Å². The van der Waals surface area contributed by atoms with Gasteiger partial charge in [-0.3, -0.25) is 4.90 Å². The average molecular weight is 538 g/mol. The molecule has 11 nitrogen and oxygen atoms in total. The first kappa shape index (κ1) is 24.7. The SMILES string of the molecule is CC(Oc1cc(-n2ccnn2)nc(-c2noc3c2CCCC32CCc3ccc(N)c(C#N)c32)n1)C1CCCN1C. The summed E-state index contributed by atoms with van der Waals surface area (Å²) < 4.78 is 14.2. The number of hydrogen-bond acceptors (Lipinski definition) is 10. The van der Waals surface area contributed by atoms with Crippen LogP contribution in [0.15, 0.2) is 35.1 Å². The number of nitrogens with two attached hydrogens (primary N) is 1. The van der Waals surface area contributed by atoms with Crippen molar-refractivity contribution in [3.05, 3.63) is 58.6 Å². The van der Waals surface area contributed by atoms with Crippen LogP contribution in [-0.4, -0.2) is 60.8 Å². The number of aryl methyl sites for hydroxylation is 1. The van der Waals surface area contributed by atoms with Crippen LogP contribution >= 0.6 is 0 Å². The molecule has 0 radical (unpaired) electrons. The van der Waals surface area contributed by atoms with Crippen molar-refractivity contribution in [1.82, 2.24) is 35.0 Å². The van der Waals surface area contributed by atoms with E-state index >= 15 is 0 Å². The summed E-state index contributed by atoms with van der Waals surface area (Å²) in [5.74, 6) is 2.21. The number of fused-ring (bicyclic) bond motifs is 4. The van der Waals surface area contributed by atoms with E-state index in [1.807, 2.05) is 12.1 Å². The van der Waals surface area contributed by atoms with Crippen LogP contribution in [0.4, 0.5) is 5.69 Å². The zero-order valence-electron chi connectivity index (χ0n) is 22.7. The smallest absolute Gasteiger partial charge is 0.219 e. The minimum absolute atomic E-state index is 0.0572. The fourth-order valence-corrected chi connectivity index (χ4v) is 7.09. The number of anilines is 1. The predicted molar refractivity (Wildman–Crippen MR) is 146 cm³/mol. The third-order valence-corrected chi connectivity index (χ3v) is 8.97. The molecule has 0 saturated carbocycles. The number of hydrogen-bond donors (Lipinski definition) is 1. The fraction of sp³-hybridized carbons (Fsp3) is 0.448. The molecule has 3 atom stereocenters. The van der Waals surface area contributed by atoms with Gasteiger partial charge in [0.05, 0.1) is 23.4 Å². The standard InChI is InChI=1S/C29H31N9O2/c1-17(22-6-4-13-37(22)2)39-24-15-23(38-14-12-32-36-38)33-28(34-24)26-19-5-3-10-29(27(19)40-35-26)11-9-18-7-8-21(31)20(16-30)25(18)29/h7-8,12,14-15,17,22H,3-6,9-11,13,31H2,1-2H3. The second-order valence-electron chi connectivity index (χ2n) is 11.2. The topological polar surface area (TPSA) is 145 Å². The minimum atomic E-state index is -0.432. The van der Waals surface area contributed by atoms with Crippen LogP contribution in [0.5, 0.6) is 5.88 Å². The van der Waals surface area contributed by atoms with Crippen molar-refractivity contribution in [1.29, 1.82) is 5.26 Å². The molecular weight excluding hydrogens is 506 g/mol. The molecule has 7 rings (SSSR count). The summed E-state index contributed by atoms with van der Waals surface area (Å²) in [5, 5.41) is 22.7. The van der Waals surface area contributed by atoms with Crippen LogP contribution in [0.2, 0.25) is 0 Å². The lowest BCUT2D eigenvalue weighted by Crippen LogP contribution is -2.38. The maximum absolute atomic E-state index is 10.0. The van der Waals surface area contributed by atoms with Crippen LogP contribution in [0.3, 0.4) is 0 Å². The van der Waals surface area contributed by atoms with Crippen molar-refractivity contribution in [3.63, 3.8) is 0 Å². The van der Waals surface area contributed by atoms with Gasteiger partial charge in [0.1, 0.15) is 12.2 Å². The Kier molecular flexibility index (Phi) is 5.82. The van der Waals surface area contributed by atoms with Crippen LogP contribution < -0.4 is 10.5 Å². The van der Waals surface area contributed by atoms with Crippen molar-refractivity contribution in [2.45, 2.75) is 69.4 Å². The lowest BCUT2D eigenvalue weighted by molar-refractivity contribution is 0.117. The number of nitriles is 1. The summed E-state index contributed by atoms with van der Waals surface area (Å²) in [7, 11) is 2.13. The second kappa shape index (κ2) is 9.41. The molecule has 1 aromatic carbocycles. The fourth-order valence-electron chi connectivity index (χ4n) is 7.09. The molecule has 2 aliphatic carbocycles. The maximum Gasteiger partial charge on any atom is 0.219 e. The zero-order chi connectivity index (χ0) is 27.4. The normalized spacial score (nSPS) is 22.7. The van der Waals surface area contributed by atoms with Gasteiger partial charge in [0.15, 0.2) is 23.1 Å². The molecule has 3 aromatic heterocycles. The Balaban J connectivity index is 1.32. The van der Waals surface area contributed by atoms with Gasteiger partial charge in [-0.1, -0.05) is 16.4 Å². The zero-order valence-corrected chi connectivity index (χ0v) is 22.7. The first-order valence-corrected chi connectivity index (χ1v) is 13.9. The Bertz CT molecular complexity index is 1620. The quantitative estimate of drug-likeness (QED) is 0.375. The molecule has 0 amide bonds. The van der Waals surface area contributed by atoms with Crippen molar-refractivity contribution in [2.24, 2.45) is 0 Å². The molecule has 1 fully saturated rings. The molecule has 11 heteroatoms. The molecule has 3 aliphatic rings. The summed E-state index contributed by atoms with van der Waals surface area (Å²) >= 11 is 0. The Morgan fingerprint density at radius 2 is 2.12 bits per heavy atom. The van der Waals surface area contributed by atoms with Gasteiger partial charge in [0, 0.05) is 23.4 Å². The highest BCUT2D eigenvalue weighted by Crippen LogP contribution is 2.54. The average Bonchev–Trinajstić information content (AvgIpc) is 3.76. The van der Waals surface area contributed by atoms with E-state index in [2.05, 4.69) is 40.4 Å². The number of benzene rings is 1. The highest BCUT2D eigenvalue weighted by atomic mass is 16.5. The Morgan fingerprint density at radius 3 is 2.90 bits per heavy atom. The molecule has 3 unspecified atom stereocenters. The van der Waals surface area contributed by atoms with Crippen molar-refractivity contribution in [3.8, 4) is 29.3 Å². The lowest BCUT2D eigenvalue weighted by Gasteiger charge is -2.33. The van der Waals surface area contributed by atoms with Gasteiger partial charge in [0.25, 0.3) is 0 Å². The summed E-state index contributed by atoms with van der Waals surface area (Å²) in [6, 6.07) is 8.34. The third kappa shape index (κ3) is 3.78. The third-order valence-electron chi connectivity index (χ3n) is 8.97. The second-order valence-corrected chi connectivity index (χ2v) is 11.2. The van der Waals surface area contributed by atoms with Gasteiger partial charge in [-0.25, -0.2) is 9.67 Å². The first-order chi connectivity index (χ1) is 19.5. The van der Waals surface area contributed by atoms with E-state index in [1.165, 1.54) is 0 Å². The molecule has 0 bridgehead atoms. The molecule has 1 saturated heterocycles. The molecular formula is C29H31N9O2. The van der Waals surface area contributed by atoms with E-state index in [0.717, 1.165) is 73.9 Å². The number of rotatable bonds is 5. The molecule has 4 heterocycles. The highest BCUT2D eigenvalue weighted by Gasteiger charge is 2.49. The lowest BCUT2D eigenvalue weighted by atomic mass is 9.68. The van der Waals surface area contributed by atoms with Gasteiger partial charge >= 0.3 is 0 Å². The van der Waals surface area contributed by atoms with Crippen molar-refractivity contribution in [2.75, 3.05) is 19.3 Å². The number of ether oxygens (including phenoxy) is 1. The number of likely N-dealkylation sites (N-methyl/N-ethyl adjacent to an activating group) is 1. The Morgan fingerprint density at radius 1 is 1.23 bits per heavy atom. The van der Waals surface area contributed by atoms with E-state index in [0.29, 0.717) is 40.5 Å². The summed E-state index contributed by atoms with van der Waals surface area (Å²) in [5.41, 5.74) is 10.6. The molecule has 1 spiro atoms. The number of aromatic nitrogens is 6. The molecule has 1 aliphatic heterocycles. The van der Waals surface area contributed by atoms with Gasteiger partial charge < -0.3 is 15.0 Å². The monoisotopic (exact) mass is 537 g/mol. The van der Waals surface area contributed by atoms with E-state index in [9.17, 15) is 5.26 Å². The van der Waals surface area contributed by atoms with E-state index in [4.69, 9.17) is 25.0 Å². The van der Waals surface area contributed by atoms with Crippen molar-refractivity contribution < 1.29 is 9.26 Å². The highest BCUT2D eigenvalue weighted by molar-refractivity contribution is 5.68. The molecule has 40 heavy (non-hydrogen) atoms. The van der Waals surface area contributed by atoms with Crippen LogP contribution in [0, 0.1) is 11.3 Å². The number of nitrogens with zero attached hydrogens (tertiary/aromatic N) is 8. The maximum atomic E-state index is 10.0. The predicted octanol–water partition coefficient (Wildman–Crippen LogP) is 3.60. The van der Waals surface area contributed by atoms with Gasteiger partial charge in [-0.2, -0.15) is 10.2 Å². The molecule has 204 valence electrons. The Labute approximate surface area is 232 Å².